The number of nitrogen functional groups attached to an aromatic ring is 1. The molecule has 2 amide bonds. The minimum Gasteiger partial charge on any atom is -0.444 e. The minimum atomic E-state index is -0.568. The molecule has 0 spiro atoms. The predicted octanol–water partition coefficient (Wildman–Crippen LogP) is 3.21. The summed E-state index contributed by atoms with van der Waals surface area (Å²) in [5, 5.41) is 2.75. The Hall–Kier alpha value is -3.88. The van der Waals surface area contributed by atoms with Crippen LogP contribution in [0, 0.1) is 0 Å². The Bertz CT molecular complexity index is 1100. The lowest BCUT2D eigenvalue weighted by molar-refractivity contribution is 0.0526. The maximum atomic E-state index is 12.3. The highest BCUT2D eigenvalue weighted by Crippen LogP contribution is 2.32. The molecule has 0 saturated carbocycles. The van der Waals surface area contributed by atoms with Gasteiger partial charge in [-0.2, -0.15) is 0 Å². The van der Waals surface area contributed by atoms with Gasteiger partial charge in [-0.3, -0.25) is 4.79 Å². The second-order valence-electron chi connectivity index (χ2n) is 8.26. The van der Waals surface area contributed by atoms with Crippen molar-refractivity contribution in [2.75, 3.05) is 12.3 Å². The smallest absolute Gasteiger partial charge is 0.407 e. The number of carbonyl (C=O) groups excluding carboxylic acids is 2. The van der Waals surface area contributed by atoms with Crippen molar-refractivity contribution in [2.24, 2.45) is 5.73 Å². The summed E-state index contributed by atoms with van der Waals surface area (Å²) in [5.41, 5.74) is 14.1. The SMILES string of the molecule is CC(C)(C)OC(=O)NCCCn1c(-c2ccnc(N)n2)cc(C(N)=O)c1-c1ccccc1. The summed E-state index contributed by atoms with van der Waals surface area (Å²) in [6, 6.07) is 12.9. The van der Waals surface area contributed by atoms with E-state index in [1.165, 1.54) is 0 Å². The van der Waals surface area contributed by atoms with Crippen molar-refractivity contribution in [2.45, 2.75) is 39.3 Å². The van der Waals surface area contributed by atoms with Crippen molar-refractivity contribution in [3.05, 3.63) is 54.2 Å². The first kappa shape index (κ1) is 22.8. The average Bonchev–Trinajstić information content (AvgIpc) is 3.10. The molecule has 0 atom stereocenters. The van der Waals surface area contributed by atoms with Crippen LogP contribution in [0.4, 0.5) is 10.7 Å². The Balaban J connectivity index is 1.94. The van der Waals surface area contributed by atoms with Crippen molar-refractivity contribution in [1.82, 2.24) is 19.9 Å². The Kier molecular flexibility index (Phi) is 6.77. The normalized spacial score (nSPS) is 11.2. The van der Waals surface area contributed by atoms with Crippen LogP contribution >= 0.6 is 0 Å². The predicted molar refractivity (Wildman–Crippen MR) is 123 cm³/mol. The number of nitrogens with zero attached hydrogens (tertiary/aromatic N) is 3. The van der Waals surface area contributed by atoms with E-state index in [1.807, 2.05) is 55.7 Å². The monoisotopic (exact) mass is 436 g/mol. The molecule has 32 heavy (non-hydrogen) atoms. The van der Waals surface area contributed by atoms with Crippen LogP contribution in [-0.4, -0.2) is 38.7 Å². The first-order valence-electron chi connectivity index (χ1n) is 10.3. The molecule has 3 aromatic rings. The van der Waals surface area contributed by atoms with Gasteiger partial charge in [0.15, 0.2) is 0 Å². The topological polar surface area (TPSA) is 138 Å². The number of ether oxygens (including phenoxy) is 1. The average molecular weight is 437 g/mol. The number of nitrogens with two attached hydrogens (primary N) is 2. The first-order chi connectivity index (χ1) is 15.2. The number of primary amides is 1. The van der Waals surface area contributed by atoms with Gasteiger partial charge in [-0.15, -0.1) is 0 Å². The zero-order valence-electron chi connectivity index (χ0n) is 18.5. The van der Waals surface area contributed by atoms with Crippen LogP contribution in [0.25, 0.3) is 22.6 Å². The van der Waals surface area contributed by atoms with E-state index in [0.29, 0.717) is 42.2 Å². The molecule has 168 valence electrons. The van der Waals surface area contributed by atoms with Gasteiger partial charge in [0.2, 0.25) is 5.95 Å². The quantitative estimate of drug-likeness (QED) is 0.486. The van der Waals surface area contributed by atoms with Gasteiger partial charge in [-0.05, 0) is 44.9 Å². The molecule has 9 nitrogen and oxygen atoms in total. The van der Waals surface area contributed by atoms with Crippen LogP contribution in [0.1, 0.15) is 37.6 Å². The van der Waals surface area contributed by atoms with E-state index in [9.17, 15) is 9.59 Å². The number of aromatic nitrogens is 3. The summed E-state index contributed by atoms with van der Waals surface area (Å²) in [4.78, 5) is 32.5. The van der Waals surface area contributed by atoms with Gasteiger partial charge in [0, 0.05) is 19.3 Å². The van der Waals surface area contributed by atoms with Gasteiger partial charge < -0.3 is 26.1 Å². The van der Waals surface area contributed by atoms with E-state index in [4.69, 9.17) is 16.2 Å². The van der Waals surface area contributed by atoms with Crippen molar-refractivity contribution >= 4 is 17.9 Å². The van der Waals surface area contributed by atoms with Crippen LogP contribution in [0.15, 0.2) is 48.7 Å². The van der Waals surface area contributed by atoms with Crippen molar-refractivity contribution in [3.8, 4) is 22.6 Å². The van der Waals surface area contributed by atoms with Gasteiger partial charge >= 0.3 is 6.09 Å². The third kappa shape index (κ3) is 5.63. The van der Waals surface area contributed by atoms with Gasteiger partial charge in [-0.1, -0.05) is 30.3 Å². The Labute approximate surface area is 186 Å². The number of amides is 2. The third-order valence-electron chi connectivity index (χ3n) is 4.57. The number of hydrogen-bond donors (Lipinski definition) is 3. The lowest BCUT2D eigenvalue weighted by Gasteiger charge is -2.20. The van der Waals surface area contributed by atoms with E-state index >= 15 is 0 Å². The van der Waals surface area contributed by atoms with Crippen LogP contribution in [0.3, 0.4) is 0 Å². The maximum absolute atomic E-state index is 12.3. The van der Waals surface area contributed by atoms with E-state index in [0.717, 1.165) is 5.56 Å². The summed E-state index contributed by atoms with van der Waals surface area (Å²) in [7, 11) is 0. The summed E-state index contributed by atoms with van der Waals surface area (Å²) in [6.45, 7) is 6.31. The van der Waals surface area contributed by atoms with E-state index in [1.54, 1.807) is 18.3 Å². The molecule has 0 unspecified atom stereocenters. The molecule has 0 aliphatic carbocycles. The minimum absolute atomic E-state index is 0.128. The summed E-state index contributed by atoms with van der Waals surface area (Å²) in [6.07, 6.45) is 1.67. The molecule has 2 heterocycles. The second-order valence-corrected chi connectivity index (χ2v) is 8.26. The number of hydrogen-bond acceptors (Lipinski definition) is 6. The summed E-state index contributed by atoms with van der Waals surface area (Å²) < 4.78 is 7.24. The maximum Gasteiger partial charge on any atom is 0.407 e. The molecular weight excluding hydrogens is 408 g/mol. The fraction of sp³-hybridized carbons (Fsp3) is 0.304. The largest absolute Gasteiger partial charge is 0.444 e. The fourth-order valence-corrected chi connectivity index (χ4v) is 3.35. The van der Waals surface area contributed by atoms with Gasteiger partial charge in [-0.25, -0.2) is 14.8 Å². The number of alkyl carbamates (subject to hydrolysis) is 1. The standard InChI is InChI=1S/C23H28N6O3/c1-23(2,3)32-22(31)27-11-7-13-29-18(17-10-12-26-21(25)28-17)14-16(20(24)30)19(29)15-8-5-4-6-9-15/h4-6,8-10,12,14H,7,11,13H2,1-3H3,(H2,24,30)(H,27,31)(H2,25,26,28). The Morgan fingerprint density at radius 2 is 1.88 bits per heavy atom. The summed E-state index contributed by atoms with van der Waals surface area (Å²) >= 11 is 0. The van der Waals surface area contributed by atoms with Crippen LogP contribution in [0.2, 0.25) is 0 Å². The molecule has 0 radical (unpaired) electrons. The lowest BCUT2D eigenvalue weighted by atomic mass is 10.1. The van der Waals surface area contributed by atoms with Crippen LogP contribution in [-0.2, 0) is 11.3 Å². The van der Waals surface area contributed by atoms with Crippen molar-refractivity contribution in [3.63, 3.8) is 0 Å². The molecule has 0 bridgehead atoms. The molecule has 0 aliphatic heterocycles. The lowest BCUT2D eigenvalue weighted by Crippen LogP contribution is -2.33. The number of carbonyl (C=O) groups is 2. The highest BCUT2D eigenvalue weighted by molar-refractivity contribution is 6.01. The van der Waals surface area contributed by atoms with Crippen molar-refractivity contribution in [1.29, 1.82) is 0 Å². The fourth-order valence-electron chi connectivity index (χ4n) is 3.35. The molecule has 0 aliphatic rings. The third-order valence-corrected chi connectivity index (χ3v) is 4.57. The zero-order chi connectivity index (χ0) is 23.3. The number of rotatable bonds is 7. The molecular formula is C23H28N6O3. The Morgan fingerprint density at radius 3 is 2.50 bits per heavy atom. The highest BCUT2D eigenvalue weighted by Gasteiger charge is 2.22. The molecule has 0 fully saturated rings. The molecule has 3 rings (SSSR count). The number of nitrogens with one attached hydrogen (secondary N) is 1. The number of benzene rings is 1. The Morgan fingerprint density at radius 1 is 1.16 bits per heavy atom. The molecule has 9 heteroatoms. The molecule has 1 aromatic carbocycles. The summed E-state index contributed by atoms with van der Waals surface area (Å²) in [5.74, 6) is -0.415. The van der Waals surface area contributed by atoms with E-state index in [2.05, 4.69) is 15.3 Å². The van der Waals surface area contributed by atoms with Crippen molar-refractivity contribution < 1.29 is 14.3 Å². The van der Waals surface area contributed by atoms with Crippen LogP contribution in [0.5, 0.6) is 0 Å². The van der Waals surface area contributed by atoms with E-state index < -0.39 is 17.6 Å². The number of anilines is 1. The highest BCUT2D eigenvalue weighted by atomic mass is 16.6. The molecule has 2 aromatic heterocycles. The molecule has 5 N–H and O–H groups in total. The molecule has 0 saturated heterocycles. The first-order valence-corrected chi connectivity index (χ1v) is 10.3. The van der Waals surface area contributed by atoms with Gasteiger partial charge in [0.25, 0.3) is 5.91 Å². The second kappa shape index (κ2) is 9.51. The van der Waals surface area contributed by atoms with Crippen LogP contribution < -0.4 is 16.8 Å². The van der Waals surface area contributed by atoms with Gasteiger partial charge in [0.1, 0.15) is 5.60 Å². The van der Waals surface area contributed by atoms with E-state index in [-0.39, 0.29) is 5.95 Å². The zero-order valence-corrected chi connectivity index (χ0v) is 18.5. The van der Waals surface area contributed by atoms with Gasteiger partial charge in [0.05, 0.1) is 22.6 Å².